The number of urea groups is 1. The van der Waals surface area contributed by atoms with E-state index in [0.29, 0.717) is 13.1 Å². The van der Waals surface area contributed by atoms with E-state index < -0.39 is 0 Å². The van der Waals surface area contributed by atoms with Crippen LogP contribution >= 0.6 is 0 Å². The normalized spacial score (nSPS) is 14.4. The van der Waals surface area contributed by atoms with Crippen molar-refractivity contribution in [1.29, 1.82) is 0 Å². The minimum absolute atomic E-state index is 0.0325. The summed E-state index contributed by atoms with van der Waals surface area (Å²) in [6, 6.07) is 20.3. The van der Waals surface area contributed by atoms with Gasteiger partial charge in [0.2, 0.25) is 0 Å². The molecule has 1 saturated heterocycles. The second-order valence-electron chi connectivity index (χ2n) is 7.60. The second kappa shape index (κ2) is 7.71. The van der Waals surface area contributed by atoms with E-state index in [0.717, 1.165) is 53.1 Å². The molecule has 5 rings (SSSR count). The lowest BCUT2D eigenvalue weighted by atomic mass is 10.1. The minimum Gasteiger partial charge on any atom is -0.351 e. The molecule has 0 saturated carbocycles. The average Bonchev–Trinajstić information content (AvgIpc) is 3.29. The van der Waals surface area contributed by atoms with E-state index in [2.05, 4.69) is 52.0 Å². The Morgan fingerprint density at radius 2 is 1.67 bits per heavy atom. The van der Waals surface area contributed by atoms with Gasteiger partial charge in [-0.2, -0.15) is 0 Å². The highest BCUT2D eigenvalue weighted by atomic mass is 16.2. The molecule has 0 aliphatic carbocycles. The zero-order chi connectivity index (χ0) is 20.5. The molecule has 1 N–H and O–H groups in total. The number of nitrogens with one attached hydrogen (secondary N) is 1. The van der Waals surface area contributed by atoms with Crippen molar-refractivity contribution in [3.63, 3.8) is 0 Å². The van der Waals surface area contributed by atoms with Crippen LogP contribution in [0.25, 0.3) is 16.6 Å². The van der Waals surface area contributed by atoms with Gasteiger partial charge in [-0.1, -0.05) is 37.3 Å². The van der Waals surface area contributed by atoms with Crippen molar-refractivity contribution in [3.05, 3.63) is 72.4 Å². The molecule has 1 fully saturated rings. The maximum Gasteiger partial charge on any atom is 0.321 e. The van der Waals surface area contributed by atoms with Crippen molar-refractivity contribution in [2.24, 2.45) is 0 Å². The monoisotopic (exact) mass is 399 g/mol. The number of rotatable bonds is 3. The Labute approximate surface area is 175 Å². The SMILES string of the molecule is CCc1ccccc1NC(=O)N1CCN(c2nc3ccccc3n3cccc23)CC1. The van der Waals surface area contributed by atoms with E-state index >= 15 is 0 Å². The summed E-state index contributed by atoms with van der Waals surface area (Å²) in [6.45, 7) is 4.95. The summed E-state index contributed by atoms with van der Waals surface area (Å²) in [6.07, 6.45) is 2.98. The first-order chi connectivity index (χ1) is 14.7. The van der Waals surface area contributed by atoms with Crippen LogP contribution in [0.5, 0.6) is 0 Å². The third-order valence-electron chi connectivity index (χ3n) is 5.85. The lowest BCUT2D eigenvalue weighted by molar-refractivity contribution is 0.208. The van der Waals surface area contributed by atoms with E-state index in [9.17, 15) is 4.79 Å². The van der Waals surface area contributed by atoms with E-state index in [-0.39, 0.29) is 6.03 Å². The molecule has 152 valence electrons. The predicted molar refractivity (Wildman–Crippen MR) is 121 cm³/mol. The van der Waals surface area contributed by atoms with Crippen molar-refractivity contribution in [2.75, 3.05) is 36.4 Å². The molecule has 4 aromatic rings. The number of piperazine rings is 1. The summed E-state index contributed by atoms with van der Waals surface area (Å²) in [7, 11) is 0. The Kier molecular flexibility index (Phi) is 4.75. The molecule has 0 radical (unpaired) electrons. The third-order valence-corrected chi connectivity index (χ3v) is 5.85. The van der Waals surface area contributed by atoms with Gasteiger partial charge in [-0.3, -0.25) is 0 Å². The Bertz CT molecular complexity index is 1210. The molecular weight excluding hydrogens is 374 g/mol. The number of fused-ring (bicyclic) bond motifs is 3. The zero-order valence-corrected chi connectivity index (χ0v) is 17.1. The molecule has 2 amide bonds. The number of aryl methyl sites for hydroxylation is 1. The molecule has 0 bridgehead atoms. The number of nitrogens with zero attached hydrogens (tertiary/aromatic N) is 4. The first-order valence-electron chi connectivity index (χ1n) is 10.5. The van der Waals surface area contributed by atoms with Crippen molar-refractivity contribution >= 4 is 34.1 Å². The summed E-state index contributed by atoms with van der Waals surface area (Å²) in [5.74, 6) is 0.982. The van der Waals surface area contributed by atoms with Crippen LogP contribution in [-0.2, 0) is 6.42 Å². The summed E-state index contributed by atoms with van der Waals surface area (Å²) >= 11 is 0. The van der Waals surface area contributed by atoms with Crippen molar-refractivity contribution < 1.29 is 4.79 Å². The predicted octanol–water partition coefficient (Wildman–Crippen LogP) is 4.40. The van der Waals surface area contributed by atoms with E-state index in [4.69, 9.17) is 4.98 Å². The van der Waals surface area contributed by atoms with Crippen molar-refractivity contribution in [1.82, 2.24) is 14.3 Å². The Morgan fingerprint density at radius 3 is 2.50 bits per heavy atom. The smallest absolute Gasteiger partial charge is 0.321 e. The summed E-state index contributed by atoms with van der Waals surface area (Å²) in [5, 5.41) is 3.08. The van der Waals surface area contributed by atoms with Gasteiger partial charge < -0.3 is 19.5 Å². The highest BCUT2D eigenvalue weighted by Crippen LogP contribution is 2.26. The number of carbonyl (C=O) groups is 1. The van der Waals surface area contributed by atoms with Crippen LogP contribution in [0.15, 0.2) is 66.9 Å². The van der Waals surface area contributed by atoms with Gasteiger partial charge in [-0.15, -0.1) is 0 Å². The molecule has 1 aliphatic heterocycles. The van der Waals surface area contributed by atoms with Crippen LogP contribution in [0.4, 0.5) is 16.3 Å². The van der Waals surface area contributed by atoms with Gasteiger partial charge in [0.05, 0.1) is 16.6 Å². The first kappa shape index (κ1) is 18.5. The van der Waals surface area contributed by atoms with Gasteiger partial charge in [-0.05, 0) is 42.3 Å². The molecule has 3 heterocycles. The standard InChI is InChI=1S/C24H25N5O/c1-2-18-8-3-4-9-19(18)26-24(30)28-16-14-27(15-17-28)23-22-12-7-13-29(22)21-11-6-5-10-20(21)25-23/h3-13H,2,14-17H2,1H3,(H,26,30). The van der Waals surface area contributed by atoms with E-state index in [1.54, 1.807) is 0 Å². The van der Waals surface area contributed by atoms with Crippen LogP contribution in [0.1, 0.15) is 12.5 Å². The number of benzene rings is 2. The first-order valence-corrected chi connectivity index (χ1v) is 10.5. The largest absolute Gasteiger partial charge is 0.351 e. The average molecular weight is 399 g/mol. The molecule has 6 heteroatoms. The summed E-state index contributed by atoms with van der Waals surface area (Å²) in [5.41, 5.74) is 5.24. The lowest BCUT2D eigenvalue weighted by Crippen LogP contribution is -2.50. The number of para-hydroxylation sites is 3. The lowest BCUT2D eigenvalue weighted by Gasteiger charge is -2.35. The number of carbonyl (C=O) groups excluding carboxylic acids is 1. The van der Waals surface area contributed by atoms with Crippen LogP contribution in [0, 0.1) is 0 Å². The molecular formula is C24H25N5O. The fraction of sp³-hybridized carbons (Fsp3) is 0.250. The molecule has 30 heavy (non-hydrogen) atoms. The molecule has 0 atom stereocenters. The molecule has 1 aliphatic rings. The molecule has 0 unspecified atom stereocenters. The van der Waals surface area contributed by atoms with Crippen LogP contribution < -0.4 is 10.2 Å². The van der Waals surface area contributed by atoms with Gasteiger partial charge in [0.15, 0.2) is 5.82 Å². The Balaban J connectivity index is 1.33. The molecule has 2 aromatic heterocycles. The maximum atomic E-state index is 12.8. The zero-order valence-electron chi connectivity index (χ0n) is 17.1. The summed E-state index contributed by atoms with van der Waals surface area (Å²) < 4.78 is 2.19. The fourth-order valence-corrected chi connectivity index (χ4v) is 4.21. The topological polar surface area (TPSA) is 52.9 Å². The van der Waals surface area contributed by atoms with Gasteiger partial charge >= 0.3 is 6.03 Å². The highest BCUT2D eigenvalue weighted by molar-refractivity contribution is 5.90. The number of hydrogen-bond acceptors (Lipinski definition) is 3. The van der Waals surface area contributed by atoms with Gasteiger partial charge in [-0.25, -0.2) is 9.78 Å². The number of aromatic nitrogens is 2. The minimum atomic E-state index is -0.0325. The molecule has 0 spiro atoms. The van der Waals surface area contributed by atoms with Crippen molar-refractivity contribution in [2.45, 2.75) is 13.3 Å². The van der Waals surface area contributed by atoms with E-state index in [1.165, 1.54) is 0 Å². The number of anilines is 2. The molecule has 6 nitrogen and oxygen atoms in total. The third kappa shape index (κ3) is 3.24. The Hall–Kier alpha value is -3.54. The van der Waals surface area contributed by atoms with E-state index in [1.807, 2.05) is 41.3 Å². The highest BCUT2D eigenvalue weighted by Gasteiger charge is 2.24. The Morgan fingerprint density at radius 1 is 0.933 bits per heavy atom. The van der Waals surface area contributed by atoms with Crippen molar-refractivity contribution in [3.8, 4) is 0 Å². The van der Waals surface area contributed by atoms with Crippen LogP contribution in [-0.4, -0.2) is 46.5 Å². The molecule has 2 aromatic carbocycles. The van der Waals surface area contributed by atoms with Gasteiger partial charge in [0.1, 0.15) is 0 Å². The van der Waals surface area contributed by atoms with Crippen LogP contribution in [0.2, 0.25) is 0 Å². The summed E-state index contributed by atoms with van der Waals surface area (Å²) in [4.78, 5) is 21.9. The number of amides is 2. The second-order valence-corrected chi connectivity index (χ2v) is 7.60. The van der Waals surface area contributed by atoms with Crippen LogP contribution in [0.3, 0.4) is 0 Å². The van der Waals surface area contributed by atoms with Gasteiger partial charge in [0.25, 0.3) is 0 Å². The quantitative estimate of drug-likeness (QED) is 0.555. The number of hydrogen-bond donors (Lipinski definition) is 1. The van der Waals surface area contributed by atoms with Gasteiger partial charge in [0, 0.05) is 38.1 Å². The maximum absolute atomic E-state index is 12.8. The fourth-order valence-electron chi connectivity index (χ4n) is 4.21.